The molecule has 0 bridgehead atoms. The van der Waals surface area contributed by atoms with Gasteiger partial charge in [0.25, 0.3) is 5.91 Å². The number of carbonyl (C=O) groups is 1. The molecule has 0 saturated carbocycles. The Balaban J connectivity index is 2.05. The van der Waals surface area contributed by atoms with Crippen molar-refractivity contribution >= 4 is 21.8 Å². The van der Waals surface area contributed by atoms with Crippen LogP contribution in [0.5, 0.6) is 5.75 Å². The summed E-state index contributed by atoms with van der Waals surface area (Å²) in [5.74, 6) is -0.0658. The molecule has 2 aliphatic heterocycles. The van der Waals surface area contributed by atoms with E-state index in [0.717, 1.165) is 19.3 Å². The van der Waals surface area contributed by atoms with Gasteiger partial charge in [0.05, 0.1) is 29.8 Å². The topological polar surface area (TPSA) is 70.0 Å². The van der Waals surface area contributed by atoms with Gasteiger partial charge in [0.15, 0.2) is 11.4 Å². The first-order chi connectivity index (χ1) is 12.5. The van der Waals surface area contributed by atoms with Crippen LogP contribution < -0.4 is 10.2 Å². The number of carbonyl (C=O) groups excluding carboxylic acids is 1. The molecule has 144 valence electrons. The molecule has 8 heteroatoms. The number of hydrogen-bond acceptors (Lipinski definition) is 5. The lowest BCUT2D eigenvalue weighted by Gasteiger charge is -2.45. The van der Waals surface area contributed by atoms with Gasteiger partial charge in [-0.05, 0) is 28.8 Å². The molecule has 1 fully saturated rings. The normalized spacial score (nSPS) is 22.1. The van der Waals surface area contributed by atoms with Crippen molar-refractivity contribution in [3.63, 3.8) is 0 Å². The van der Waals surface area contributed by atoms with E-state index in [1.54, 1.807) is 18.2 Å². The molecule has 0 aromatic carbocycles. The van der Waals surface area contributed by atoms with Gasteiger partial charge in [-0.15, -0.1) is 0 Å². The van der Waals surface area contributed by atoms with Crippen molar-refractivity contribution in [2.45, 2.75) is 38.3 Å². The highest BCUT2D eigenvalue weighted by Crippen LogP contribution is 2.36. The summed E-state index contributed by atoms with van der Waals surface area (Å²) in [5, 5.41) is 0. The predicted octanol–water partition coefficient (Wildman–Crippen LogP) is 2.05. The first kappa shape index (κ1) is 19.4. The largest absolute Gasteiger partial charge is 0.487 e. The maximum atomic E-state index is 13.4. The van der Waals surface area contributed by atoms with Crippen LogP contribution in [0.25, 0.3) is 0 Å². The summed E-state index contributed by atoms with van der Waals surface area (Å²) in [7, 11) is 1.61. The lowest BCUT2D eigenvalue weighted by atomic mass is 9.92. The summed E-state index contributed by atoms with van der Waals surface area (Å²) >= 11 is 3.32. The monoisotopic (exact) mass is 428 g/mol. The number of fused-ring (bicyclic) bond motifs is 1. The number of unbranched alkanes of at least 4 members (excludes halogenated alkanes) is 1. The molecule has 1 unspecified atom stereocenters. The molecule has 1 spiro atoms. The van der Waals surface area contributed by atoms with Crippen molar-refractivity contribution in [2.24, 2.45) is 0 Å². The van der Waals surface area contributed by atoms with Gasteiger partial charge in [-0.2, -0.15) is 0 Å². The molecule has 1 aromatic rings. The van der Waals surface area contributed by atoms with E-state index in [4.69, 9.17) is 14.2 Å². The molecule has 1 amide bonds. The van der Waals surface area contributed by atoms with Crippen LogP contribution in [-0.2, 0) is 16.0 Å². The average molecular weight is 429 g/mol. The van der Waals surface area contributed by atoms with Gasteiger partial charge in [0.2, 0.25) is 5.43 Å². The van der Waals surface area contributed by atoms with Crippen LogP contribution in [-0.4, -0.2) is 61.0 Å². The second-order valence-electron chi connectivity index (χ2n) is 6.79. The summed E-state index contributed by atoms with van der Waals surface area (Å²) in [5.41, 5.74) is -0.369. The Morgan fingerprint density at radius 1 is 1.35 bits per heavy atom. The van der Waals surface area contributed by atoms with Gasteiger partial charge < -0.3 is 23.7 Å². The zero-order valence-electron chi connectivity index (χ0n) is 15.3. The van der Waals surface area contributed by atoms with E-state index in [1.165, 1.54) is 0 Å². The van der Waals surface area contributed by atoms with Crippen LogP contribution in [0.4, 0.5) is 0 Å². The zero-order valence-corrected chi connectivity index (χ0v) is 16.8. The molecule has 0 aliphatic carbocycles. The van der Waals surface area contributed by atoms with Crippen molar-refractivity contribution < 1.29 is 19.0 Å². The van der Waals surface area contributed by atoms with Crippen molar-refractivity contribution in [1.29, 1.82) is 0 Å². The van der Waals surface area contributed by atoms with Crippen LogP contribution in [0.2, 0.25) is 0 Å². The summed E-state index contributed by atoms with van der Waals surface area (Å²) in [6, 6.07) is 0. The Bertz CT molecular complexity index is 727. The number of rotatable bonds is 7. The molecular weight excluding hydrogens is 404 g/mol. The molecule has 1 atom stereocenters. The Hall–Kier alpha value is -1.38. The van der Waals surface area contributed by atoms with Crippen LogP contribution in [0.1, 0.15) is 36.7 Å². The smallest absolute Gasteiger partial charge is 0.275 e. The molecule has 7 nitrogen and oxygen atoms in total. The standard InChI is InChI=1S/C18H25BrN2O5/c1-3-4-7-26-16-14-17(23)21(6-9-24-2)18(5-8-25-12-18)11-20(14)10-13(19)15(16)22/h10H,3-9,11-12H2,1-2H3. The highest BCUT2D eigenvalue weighted by atomic mass is 79.9. The van der Waals surface area contributed by atoms with Crippen molar-refractivity contribution in [1.82, 2.24) is 9.47 Å². The first-order valence-electron chi connectivity index (χ1n) is 8.98. The highest BCUT2D eigenvalue weighted by molar-refractivity contribution is 9.10. The summed E-state index contributed by atoms with van der Waals surface area (Å²) in [6.45, 7) is 5.02. The lowest BCUT2D eigenvalue weighted by molar-refractivity contribution is 0.0138. The minimum atomic E-state index is -0.405. The van der Waals surface area contributed by atoms with E-state index >= 15 is 0 Å². The van der Waals surface area contributed by atoms with Crippen molar-refractivity contribution in [3.8, 4) is 5.75 Å². The van der Waals surface area contributed by atoms with Gasteiger partial charge in [0.1, 0.15) is 0 Å². The van der Waals surface area contributed by atoms with Crippen LogP contribution in [0.15, 0.2) is 15.5 Å². The predicted molar refractivity (Wildman–Crippen MR) is 99.9 cm³/mol. The quantitative estimate of drug-likeness (QED) is 0.621. The molecule has 1 aromatic heterocycles. The maximum absolute atomic E-state index is 13.4. The molecule has 1 saturated heterocycles. The van der Waals surface area contributed by atoms with Gasteiger partial charge in [-0.3, -0.25) is 9.59 Å². The van der Waals surface area contributed by atoms with Gasteiger partial charge >= 0.3 is 0 Å². The van der Waals surface area contributed by atoms with E-state index < -0.39 is 5.54 Å². The van der Waals surface area contributed by atoms with E-state index in [9.17, 15) is 9.59 Å². The molecule has 0 radical (unpaired) electrons. The third-order valence-electron chi connectivity index (χ3n) is 5.03. The fourth-order valence-electron chi connectivity index (χ4n) is 3.60. The van der Waals surface area contributed by atoms with Crippen LogP contribution in [0.3, 0.4) is 0 Å². The Kier molecular flexibility index (Phi) is 6.04. The Morgan fingerprint density at radius 3 is 2.81 bits per heavy atom. The third-order valence-corrected chi connectivity index (χ3v) is 5.59. The molecular formula is C18H25BrN2O5. The fraction of sp³-hybridized carbons (Fsp3) is 0.667. The van der Waals surface area contributed by atoms with E-state index in [2.05, 4.69) is 15.9 Å². The summed E-state index contributed by atoms with van der Waals surface area (Å²) in [6.07, 6.45) is 4.23. The number of amides is 1. The highest BCUT2D eigenvalue weighted by Gasteiger charge is 2.48. The van der Waals surface area contributed by atoms with Crippen molar-refractivity contribution in [3.05, 3.63) is 26.6 Å². The second kappa shape index (κ2) is 8.10. The molecule has 3 heterocycles. The number of ether oxygens (including phenoxy) is 3. The number of pyridine rings is 1. The number of hydrogen-bond donors (Lipinski definition) is 0. The fourth-order valence-corrected chi connectivity index (χ4v) is 4.03. The number of nitrogens with zero attached hydrogens (tertiary/aromatic N) is 2. The molecule has 26 heavy (non-hydrogen) atoms. The van der Waals surface area contributed by atoms with Crippen molar-refractivity contribution in [2.75, 3.05) is 40.1 Å². The molecule has 3 rings (SSSR count). The van der Waals surface area contributed by atoms with Crippen LogP contribution >= 0.6 is 15.9 Å². The van der Waals surface area contributed by atoms with Gasteiger partial charge in [-0.1, -0.05) is 13.3 Å². The Labute approximate surface area is 161 Å². The minimum absolute atomic E-state index is 0.133. The van der Waals surface area contributed by atoms with Crippen LogP contribution in [0, 0.1) is 0 Å². The number of methoxy groups -OCH3 is 1. The van der Waals surface area contributed by atoms with E-state index in [0.29, 0.717) is 49.7 Å². The van der Waals surface area contributed by atoms with Gasteiger partial charge in [0, 0.05) is 33.0 Å². The zero-order chi connectivity index (χ0) is 18.7. The summed E-state index contributed by atoms with van der Waals surface area (Å²) in [4.78, 5) is 27.8. The second-order valence-corrected chi connectivity index (χ2v) is 7.64. The summed E-state index contributed by atoms with van der Waals surface area (Å²) < 4.78 is 18.8. The molecule has 2 aliphatic rings. The lowest BCUT2D eigenvalue weighted by Crippen LogP contribution is -2.60. The molecule has 0 N–H and O–H groups in total. The third kappa shape index (κ3) is 3.42. The maximum Gasteiger partial charge on any atom is 0.275 e. The van der Waals surface area contributed by atoms with E-state index in [-0.39, 0.29) is 17.1 Å². The van der Waals surface area contributed by atoms with Gasteiger partial charge in [-0.25, -0.2) is 0 Å². The number of halogens is 1. The average Bonchev–Trinajstić information content (AvgIpc) is 3.07. The first-order valence-corrected chi connectivity index (χ1v) is 9.78. The minimum Gasteiger partial charge on any atom is -0.487 e. The number of aromatic nitrogens is 1. The Morgan fingerprint density at radius 2 is 2.15 bits per heavy atom. The SMILES string of the molecule is CCCCOc1c2n(cc(Br)c1=O)CC1(CCOC1)N(CCOC)C2=O. The van der Waals surface area contributed by atoms with E-state index in [1.807, 2.05) is 11.5 Å².